The van der Waals surface area contributed by atoms with Crippen molar-refractivity contribution in [2.45, 2.75) is 19.8 Å². The van der Waals surface area contributed by atoms with E-state index in [0.717, 1.165) is 13.1 Å². The van der Waals surface area contributed by atoms with Crippen molar-refractivity contribution in [2.75, 3.05) is 37.3 Å². The fraction of sp³-hybridized carbons (Fsp3) is 0.571. The first kappa shape index (κ1) is 14.3. The van der Waals surface area contributed by atoms with Gasteiger partial charge in [0, 0.05) is 31.9 Å². The fourth-order valence-corrected chi connectivity index (χ4v) is 3.17. The van der Waals surface area contributed by atoms with Crippen LogP contribution in [0.25, 0.3) is 0 Å². The number of hydrogen-bond acceptors (Lipinski definition) is 3. The maximum Gasteiger partial charge on any atom is 0.211 e. The Hall–Kier alpha value is -1.07. The highest BCUT2D eigenvalue weighted by molar-refractivity contribution is 7.88. The number of piperazine rings is 1. The summed E-state index contributed by atoms with van der Waals surface area (Å²) in [5, 5.41) is 0. The third-order valence-electron chi connectivity index (χ3n) is 3.63. The molecule has 1 aromatic rings. The summed E-state index contributed by atoms with van der Waals surface area (Å²) in [7, 11) is -3.04. The lowest BCUT2D eigenvalue weighted by Crippen LogP contribution is -2.48. The van der Waals surface area contributed by atoms with E-state index in [0.29, 0.717) is 19.0 Å². The van der Waals surface area contributed by atoms with E-state index >= 15 is 0 Å². The summed E-state index contributed by atoms with van der Waals surface area (Å²) in [5.41, 5.74) is 2.51. The molecule has 1 aliphatic rings. The molecule has 0 N–H and O–H groups in total. The van der Waals surface area contributed by atoms with Crippen LogP contribution in [0, 0.1) is 0 Å². The van der Waals surface area contributed by atoms with Gasteiger partial charge in [-0.15, -0.1) is 0 Å². The molecular formula is C14H22N2O2S. The van der Waals surface area contributed by atoms with Crippen molar-refractivity contribution in [1.82, 2.24) is 4.31 Å². The van der Waals surface area contributed by atoms with Gasteiger partial charge in [0.1, 0.15) is 0 Å². The van der Waals surface area contributed by atoms with E-state index < -0.39 is 10.0 Å². The number of nitrogens with zero attached hydrogens (tertiary/aromatic N) is 2. The van der Waals surface area contributed by atoms with E-state index in [-0.39, 0.29) is 0 Å². The number of sulfonamides is 1. The van der Waals surface area contributed by atoms with Crippen LogP contribution in [0.1, 0.15) is 25.3 Å². The lowest BCUT2D eigenvalue weighted by molar-refractivity contribution is 0.388. The van der Waals surface area contributed by atoms with Gasteiger partial charge in [-0.3, -0.25) is 0 Å². The number of anilines is 1. The molecule has 0 radical (unpaired) electrons. The quantitative estimate of drug-likeness (QED) is 0.850. The average Bonchev–Trinajstić information content (AvgIpc) is 2.38. The van der Waals surface area contributed by atoms with Crippen molar-refractivity contribution >= 4 is 15.7 Å². The van der Waals surface area contributed by atoms with Gasteiger partial charge in [0.05, 0.1) is 6.26 Å². The predicted molar refractivity (Wildman–Crippen MR) is 79.2 cm³/mol. The summed E-state index contributed by atoms with van der Waals surface area (Å²) in [5.74, 6) is 0.538. The smallest absolute Gasteiger partial charge is 0.211 e. The molecule has 106 valence electrons. The molecule has 1 heterocycles. The minimum Gasteiger partial charge on any atom is -0.369 e. The molecule has 1 aromatic carbocycles. The van der Waals surface area contributed by atoms with E-state index in [9.17, 15) is 8.42 Å². The van der Waals surface area contributed by atoms with Crippen LogP contribution in [-0.4, -0.2) is 45.2 Å². The number of benzene rings is 1. The first-order chi connectivity index (χ1) is 8.88. The molecule has 0 amide bonds. The zero-order valence-corrected chi connectivity index (χ0v) is 12.7. The molecule has 2 rings (SSSR count). The Morgan fingerprint density at radius 2 is 1.53 bits per heavy atom. The normalized spacial score (nSPS) is 18.0. The molecule has 19 heavy (non-hydrogen) atoms. The molecule has 1 saturated heterocycles. The molecule has 4 nitrogen and oxygen atoms in total. The molecular weight excluding hydrogens is 260 g/mol. The summed E-state index contributed by atoms with van der Waals surface area (Å²) >= 11 is 0. The Bertz CT molecular complexity index is 515. The Kier molecular flexibility index (Phi) is 4.16. The van der Waals surface area contributed by atoms with Gasteiger partial charge in [-0.1, -0.05) is 26.0 Å². The van der Waals surface area contributed by atoms with Gasteiger partial charge in [0.15, 0.2) is 0 Å². The molecule has 0 unspecified atom stereocenters. The van der Waals surface area contributed by atoms with Crippen molar-refractivity contribution in [2.24, 2.45) is 0 Å². The summed E-state index contributed by atoms with van der Waals surface area (Å²) in [6, 6.07) is 8.57. The largest absolute Gasteiger partial charge is 0.369 e. The van der Waals surface area contributed by atoms with Gasteiger partial charge < -0.3 is 4.90 Å². The SMILES string of the molecule is CC(C)c1ccc(N2CCN(S(C)(=O)=O)CC2)cc1. The van der Waals surface area contributed by atoms with Crippen molar-refractivity contribution in [3.05, 3.63) is 29.8 Å². The van der Waals surface area contributed by atoms with Crippen LogP contribution in [-0.2, 0) is 10.0 Å². The maximum absolute atomic E-state index is 11.5. The first-order valence-electron chi connectivity index (χ1n) is 6.68. The summed E-state index contributed by atoms with van der Waals surface area (Å²) in [6.07, 6.45) is 1.28. The maximum atomic E-state index is 11.5. The van der Waals surface area contributed by atoms with E-state index in [1.807, 2.05) is 0 Å². The van der Waals surface area contributed by atoms with E-state index in [2.05, 4.69) is 43.0 Å². The second-order valence-electron chi connectivity index (χ2n) is 5.40. The molecule has 0 spiro atoms. The van der Waals surface area contributed by atoms with E-state index in [1.54, 1.807) is 4.31 Å². The van der Waals surface area contributed by atoms with Gasteiger partial charge >= 0.3 is 0 Å². The second kappa shape index (κ2) is 5.51. The molecule has 0 aliphatic carbocycles. The van der Waals surface area contributed by atoms with Crippen LogP contribution in [0.5, 0.6) is 0 Å². The van der Waals surface area contributed by atoms with Crippen molar-refractivity contribution in [1.29, 1.82) is 0 Å². The van der Waals surface area contributed by atoms with Crippen LogP contribution in [0.15, 0.2) is 24.3 Å². The van der Waals surface area contributed by atoms with Gasteiger partial charge in [0.2, 0.25) is 10.0 Å². The van der Waals surface area contributed by atoms with Gasteiger partial charge in [0.25, 0.3) is 0 Å². The van der Waals surface area contributed by atoms with Crippen molar-refractivity contribution in [3.63, 3.8) is 0 Å². The molecule has 5 heteroatoms. The monoisotopic (exact) mass is 282 g/mol. The lowest BCUT2D eigenvalue weighted by Gasteiger charge is -2.34. The Morgan fingerprint density at radius 1 is 1.00 bits per heavy atom. The van der Waals surface area contributed by atoms with Gasteiger partial charge in [-0.2, -0.15) is 4.31 Å². The molecule has 0 aromatic heterocycles. The van der Waals surface area contributed by atoms with Crippen molar-refractivity contribution < 1.29 is 8.42 Å². The topological polar surface area (TPSA) is 40.6 Å². The van der Waals surface area contributed by atoms with Crippen LogP contribution < -0.4 is 4.90 Å². The number of hydrogen-bond donors (Lipinski definition) is 0. The first-order valence-corrected chi connectivity index (χ1v) is 8.53. The highest BCUT2D eigenvalue weighted by atomic mass is 32.2. The molecule has 0 bridgehead atoms. The average molecular weight is 282 g/mol. The van der Waals surface area contributed by atoms with Crippen molar-refractivity contribution in [3.8, 4) is 0 Å². The molecule has 0 atom stereocenters. The fourth-order valence-electron chi connectivity index (χ4n) is 2.35. The molecule has 1 fully saturated rings. The van der Waals surface area contributed by atoms with Crippen LogP contribution >= 0.6 is 0 Å². The Labute approximate surface area is 116 Å². The Balaban J connectivity index is 2.02. The van der Waals surface area contributed by atoms with Crippen LogP contribution in [0.2, 0.25) is 0 Å². The van der Waals surface area contributed by atoms with E-state index in [4.69, 9.17) is 0 Å². The minimum atomic E-state index is -3.04. The van der Waals surface area contributed by atoms with Gasteiger partial charge in [-0.25, -0.2) is 8.42 Å². The zero-order chi connectivity index (χ0) is 14.0. The third-order valence-corrected chi connectivity index (χ3v) is 4.94. The van der Waals surface area contributed by atoms with Crippen LogP contribution in [0.3, 0.4) is 0 Å². The number of rotatable bonds is 3. The summed E-state index contributed by atoms with van der Waals surface area (Å²) in [6.45, 7) is 7.03. The standard InChI is InChI=1S/C14H22N2O2S/c1-12(2)13-4-6-14(7-5-13)15-8-10-16(11-9-15)19(3,17)18/h4-7,12H,8-11H2,1-3H3. The Morgan fingerprint density at radius 3 is 1.95 bits per heavy atom. The van der Waals surface area contributed by atoms with Crippen LogP contribution in [0.4, 0.5) is 5.69 Å². The summed E-state index contributed by atoms with van der Waals surface area (Å²) in [4.78, 5) is 2.24. The highest BCUT2D eigenvalue weighted by Crippen LogP contribution is 2.21. The van der Waals surface area contributed by atoms with E-state index in [1.165, 1.54) is 17.5 Å². The minimum absolute atomic E-state index is 0.538. The second-order valence-corrected chi connectivity index (χ2v) is 7.38. The molecule has 1 aliphatic heterocycles. The van der Waals surface area contributed by atoms with Gasteiger partial charge in [-0.05, 0) is 23.6 Å². The summed E-state index contributed by atoms with van der Waals surface area (Å²) < 4.78 is 24.5. The lowest BCUT2D eigenvalue weighted by atomic mass is 10.0. The third kappa shape index (κ3) is 3.48. The predicted octanol–water partition coefficient (Wildman–Crippen LogP) is 1.89. The highest BCUT2D eigenvalue weighted by Gasteiger charge is 2.23. The molecule has 0 saturated carbocycles. The zero-order valence-electron chi connectivity index (χ0n) is 11.8.